The Kier molecular flexibility index (Phi) is 6.13. The van der Waals surface area contributed by atoms with Crippen molar-refractivity contribution in [2.45, 2.75) is 5.03 Å². The summed E-state index contributed by atoms with van der Waals surface area (Å²) in [4.78, 5) is 16.8. The van der Waals surface area contributed by atoms with Crippen LogP contribution in [0.25, 0.3) is 16.9 Å². The Balaban J connectivity index is 1.43. The van der Waals surface area contributed by atoms with Crippen molar-refractivity contribution in [2.24, 2.45) is 0 Å². The zero-order chi connectivity index (χ0) is 21.1. The van der Waals surface area contributed by atoms with Crippen molar-refractivity contribution in [3.63, 3.8) is 0 Å². The summed E-state index contributed by atoms with van der Waals surface area (Å²) in [5, 5.41) is 8.87. The minimum atomic E-state index is -0.162. The molecule has 0 fully saturated rings. The van der Waals surface area contributed by atoms with Crippen molar-refractivity contribution in [2.75, 3.05) is 18.2 Å². The number of hydrogen-bond donors (Lipinski definition) is 1. The third kappa shape index (κ3) is 4.70. The Morgan fingerprint density at radius 3 is 2.63 bits per heavy atom. The second kappa shape index (κ2) is 8.95. The molecule has 9 heteroatoms. The topological polar surface area (TPSA) is 68.5 Å². The van der Waals surface area contributed by atoms with Gasteiger partial charge in [-0.15, -0.1) is 0 Å². The van der Waals surface area contributed by atoms with E-state index in [-0.39, 0.29) is 11.7 Å². The molecule has 2 heterocycles. The lowest BCUT2D eigenvalue weighted by molar-refractivity contribution is -0.113. The predicted octanol–water partition coefficient (Wildman–Crippen LogP) is 5.44. The van der Waals surface area contributed by atoms with Crippen molar-refractivity contribution in [1.29, 1.82) is 0 Å². The van der Waals surface area contributed by atoms with E-state index in [9.17, 15) is 4.79 Å². The Labute approximate surface area is 187 Å². The van der Waals surface area contributed by atoms with Crippen LogP contribution in [0.15, 0.2) is 65.8 Å². The van der Waals surface area contributed by atoms with Gasteiger partial charge in [-0.1, -0.05) is 35.0 Å². The molecular weight excluding hydrogens is 443 g/mol. The van der Waals surface area contributed by atoms with Gasteiger partial charge in [0.25, 0.3) is 0 Å². The molecule has 2 aromatic carbocycles. The predicted molar refractivity (Wildman–Crippen MR) is 121 cm³/mol. The van der Waals surface area contributed by atoms with Crippen LogP contribution in [0, 0.1) is 0 Å². The molecule has 152 valence electrons. The molecule has 0 atom stereocenters. The number of hydrogen-bond acceptors (Lipinski definition) is 5. The maximum absolute atomic E-state index is 12.2. The van der Waals surface area contributed by atoms with E-state index in [1.807, 2.05) is 42.6 Å². The van der Waals surface area contributed by atoms with Crippen LogP contribution in [-0.2, 0) is 4.79 Å². The number of thioether (sulfide) groups is 1. The lowest BCUT2D eigenvalue weighted by Gasteiger charge is -2.06. The molecule has 1 N–H and O–H groups in total. The zero-order valence-corrected chi connectivity index (χ0v) is 18.1. The summed E-state index contributed by atoms with van der Waals surface area (Å²) >= 11 is 13.2. The van der Waals surface area contributed by atoms with Gasteiger partial charge in [-0.2, -0.15) is 5.10 Å². The van der Waals surface area contributed by atoms with Crippen LogP contribution in [0.3, 0.4) is 0 Å². The minimum absolute atomic E-state index is 0.162. The Morgan fingerprint density at radius 2 is 1.90 bits per heavy atom. The first-order valence-corrected chi connectivity index (χ1v) is 10.6. The van der Waals surface area contributed by atoms with Crippen molar-refractivity contribution < 1.29 is 9.53 Å². The van der Waals surface area contributed by atoms with Crippen molar-refractivity contribution in [1.82, 2.24) is 14.6 Å². The molecule has 0 saturated carbocycles. The number of anilines is 1. The highest BCUT2D eigenvalue weighted by Gasteiger charge is 2.09. The third-order valence-electron chi connectivity index (χ3n) is 4.24. The third-order valence-corrected chi connectivity index (χ3v) is 5.89. The number of imidazole rings is 1. The van der Waals surface area contributed by atoms with Gasteiger partial charge >= 0.3 is 0 Å². The largest absolute Gasteiger partial charge is 0.497 e. The number of rotatable bonds is 6. The number of nitrogens with zero attached hydrogens (tertiary/aromatic N) is 3. The van der Waals surface area contributed by atoms with Crippen molar-refractivity contribution in [3.8, 4) is 17.0 Å². The smallest absolute Gasteiger partial charge is 0.234 e. The quantitative estimate of drug-likeness (QED) is 0.389. The molecule has 0 saturated heterocycles. The molecule has 4 aromatic rings. The molecule has 4 rings (SSSR count). The fraction of sp³-hybridized carbons (Fsp3) is 0.0952. The minimum Gasteiger partial charge on any atom is -0.497 e. The van der Waals surface area contributed by atoms with Crippen LogP contribution in [0.4, 0.5) is 5.69 Å². The summed E-state index contributed by atoms with van der Waals surface area (Å²) in [7, 11) is 1.63. The maximum Gasteiger partial charge on any atom is 0.234 e. The average molecular weight is 459 g/mol. The van der Waals surface area contributed by atoms with E-state index in [2.05, 4.69) is 15.4 Å². The van der Waals surface area contributed by atoms with Gasteiger partial charge in [0, 0.05) is 11.3 Å². The van der Waals surface area contributed by atoms with Gasteiger partial charge in [0.15, 0.2) is 5.65 Å². The highest BCUT2D eigenvalue weighted by Crippen LogP contribution is 2.26. The number of carbonyl (C=O) groups is 1. The number of nitrogens with one attached hydrogen (secondary N) is 1. The van der Waals surface area contributed by atoms with Crippen LogP contribution in [-0.4, -0.2) is 33.4 Å². The molecule has 30 heavy (non-hydrogen) atoms. The van der Waals surface area contributed by atoms with E-state index >= 15 is 0 Å². The number of amides is 1. The Hall–Kier alpha value is -2.74. The van der Waals surface area contributed by atoms with Crippen LogP contribution < -0.4 is 10.1 Å². The normalized spacial score (nSPS) is 10.9. The molecule has 0 bridgehead atoms. The van der Waals surface area contributed by atoms with E-state index < -0.39 is 0 Å². The first kappa shape index (κ1) is 20.5. The highest BCUT2D eigenvalue weighted by molar-refractivity contribution is 7.99. The van der Waals surface area contributed by atoms with Crippen molar-refractivity contribution in [3.05, 3.63) is 70.8 Å². The van der Waals surface area contributed by atoms with Gasteiger partial charge in [-0.05, 0) is 54.6 Å². The van der Waals surface area contributed by atoms with Gasteiger partial charge in [-0.25, -0.2) is 9.50 Å². The number of ether oxygens (including phenoxy) is 1. The van der Waals surface area contributed by atoms with E-state index in [4.69, 9.17) is 27.9 Å². The molecule has 0 radical (unpaired) electrons. The lowest BCUT2D eigenvalue weighted by Crippen LogP contribution is -2.14. The van der Waals surface area contributed by atoms with Gasteiger partial charge in [-0.3, -0.25) is 4.79 Å². The van der Waals surface area contributed by atoms with Crippen molar-refractivity contribution >= 4 is 52.2 Å². The molecule has 2 aromatic heterocycles. The molecule has 0 spiro atoms. The van der Waals surface area contributed by atoms with Gasteiger partial charge in [0.1, 0.15) is 10.8 Å². The summed E-state index contributed by atoms with van der Waals surface area (Å²) in [6, 6.07) is 16.3. The Morgan fingerprint density at radius 1 is 1.10 bits per heavy atom. The summed E-state index contributed by atoms with van der Waals surface area (Å²) in [6.45, 7) is 0. The molecular formula is C21H16Cl2N4O2S. The van der Waals surface area contributed by atoms with E-state index in [1.165, 1.54) is 11.8 Å². The number of halogens is 2. The second-order valence-electron chi connectivity index (χ2n) is 6.29. The number of benzene rings is 2. The zero-order valence-electron chi connectivity index (χ0n) is 15.8. The van der Waals surface area contributed by atoms with Gasteiger partial charge < -0.3 is 10.1 Å². The molecule has 6 nitrogen and oxygen atoms in total. The summed E-state index contributed by atoms with van der Waals surface area (Å²) in [5.41, 5.74) is 3.10. The molecule has 0 aliphatic heterocycles. The Bertz CT molecular complexity index is 1210. The summed E-state index contributed by atoms with van der Waals surface area (Å²) in [6.07, 6.45) is 1.86. The maximum atomic E-state index is 12.2. The molecule has 1 amide bonds. The van der Waals surface area contributed by atoms with E-state index in [0.717, 1.165) is 22.7 Å². The van der Waals surface area contributed by atoms with Gasteiger partial charge in [0.05, 0.1) is 34.8 Å². The highest BCUT2D eigenvalue weighted by atomic mass is 35.5. The first-order chi connectivity index (χ1) is 14.5. The fourth-order valence-electron chi connectivity index (χ4n) is 2.75. The second-order valence-corrected chi connectivity index (χ2v) is 8.10. The number of carbonyl (C=O) groups excluding carboxylic acids is 1. The van der Waals surface area contributed by atoms with E-state index in [1.54, 1.807) is 29.8 Å². The van der Waals surface area contributed by atoms with Crippen LogP contribution in [0.5, 0.6) is 5.75 Å². The number of aromatic nitrogens is 3. The molecule has 0 aliphatic carbocycles. The standard InChI is InChI=1S/C21H16Cl2N4O2S/c1-29-15-5-2-13(3-6-15)18-11-27-19(25-18)8-9-21(26-27)30-12-20(28)24-14-4-7-16(22)17(23)10-14/h2-11H,12H2,1H3,(H,24,28). The van der Waals surface area contributed by atoms with Crippen LogP contribution in [0.2, 0.25) is 10.0 Å². The molecule has 0 aliphatic rings. The fourth-order valence-corrected chi connectivity index (χ4v) is 3.71. The van der Waals surface area contributed by atoms with E-state index in [0.29, 0.717) is 20.8 Å². The lowest BCUT2D eigenvalue weighted by atomic mass is 10.2. The first-order valence-electron chi connectivity index (χ1n) is 8.90. The van der Waals surface area contributed by atoms with Crippen LogP contribution in [0.1, 0.15) is 0 Å². The number of methoxy groups -OCH3 is 1. The van der Waals surface area contributed by atoms with Crippen LogP contribution >= 0.6 is 35.0 Å². The monoisotopic (exact) mass is 458 g/mol. The SMILES string of the molecule is COc1ccc(-c2cn3nc(SCC(=O)Nc4ccc(Cl)c(Cl)c4)ccc3n2)cc1. The summed E-state index contributed by atoms with van der Waals surface area (Å²) < 4.78 is 6.90. The van der Waals surface area contributed by atoms with Gasteiger partial charge in [0.2, 0.25) is 5.91 Å². The average Bonchev–Trinajstić information content (AvgIpc) is 3.18. The number of fused-ring (bicyclic) bond motifs is 1. The molecule has 0 unspecified atom stereocenters. The summed E-state index contributed by atoms with van der Waals surface area (Å²) in [5.74, 6) is 0.835.